The molecule has 4 rings (SSSR count). The smallest absolute Gasteiger partial charge is 0.352 e. The lowest BCUT2D eigenvalue weighted by molar-refractivity contribution is -0.139. The van der Waals surface area contributed by atoms with E-state index in [-0.39, 0.29) is 10.1 Å². The topological polar surface area (TPSA) is 42.1 Å². The highest BCUT2D eigenvalue weighted by atomic mass is 35.5. The Balaban J connectivity index is 2.01. The van der Waals surface area contributed by atoms with E-state index in [1.807, 2.05) is 42.5 Å². The molecule has 1 N–H and O–H groups in total. The molecule has 0 bridgehead atoms. The Kier molecular flexibility index (Phi) is 3.80. The summed E-state index contributed by atoms with van der Waals surface area (Å²) in [6.07, 6.45) is -0.739. The SMILES string of the molecule is O=C1OC(c2c(-c3ccccc3)[nH]c3cc(Cl)ccc23)C(Cl)=C1Cl. The lowest BCUT2D eigenvalue weighted by Crippen LogP contribution is -2.03. The molecule has 0 aliphatic carbocycles. The summed E-state index contributed by atoms with van der Waals surface area (Å²) in [6, 6.07) is 15.2. The summed E-state index contributed by atoms with van der Waals surface area (Å²) in [7, 11) is 0. The Morgan fingerprint density at radius 1 is 1.00 bits per heavy atom. The van der Waals surface area contributed by atoms with Gasteiger partial charge in [-0.15, -0.1) is 0 Å². The van der Waals surface area contributed by atoms with Crippen LogP contribution in [0.2, 0.25) is 5.02 Å². The number of cyclic esters (lactones) is 1. The number of hydrogen-bond donors (Lipinski definition) is 1. The zero-order valence-electron chi connectivity index (χ0n) is 12.1. The van der Waals surface area contributed by atoms with E-state index in [1.54, 1.807) is 6.07 Å². The van der Waals surface area contributed by atoms with Crippen LogP contribution in [0.15, 0.2) is 58.6 Å². The Hall–Kier alpha value is -1.94. The van der Waals surface area contributed by atoms with Crippen molar-refractivity contribution in [2.75, 3.05) is 0 Å². The quantitative estimate of drug-likeness (QED) is 0.575. The van der Waals surface area contributed by atoms with Gasteiger partial charge < -0.3 is 9.72 Å². The minimum atomic E-state index is -0.739. The van der Waals surface area contributed by atoms with Crippen molar-refractivity contribution in [2.24, 2.45) is 0 Å². The molecule has 24 heavy (non-hydrogen) atoms. The third-order valence-corrected chi connectivity index (χ3v) is 5.05. The minimum Gasteiger partial charge on any atom is -0.447 e. The van der Waals surface area contributed by atoms with Crippen LogP contribution in [0.3, 0.4) is 0 Å². The number of rotatable bonds is 2. The predicted octanol–water partition coefficient (Wildman–Crippen LogP) is 5.78. The van der Waals surface area contributed by atoms with Gasteiger partial charge in [-0.2, -0.15) is 0 Å². The lowest BCUT2D eigenvalue weighted by atomic mass is 10.0. The van der Waals surface area contributed by atoms with Crippen LogP contribution in [0.25, 0.3) is 22.2 Å². The highest BCUT2D eigenvalue weighted by molar-refractivity contribution is 6.48. The van der Waals surface area contributed by atoms with Gasteiger partial charge >= 0.3 is 5.97 Å². The Bertz CT molecular complexity index is 992. The van der Waals surface area contributed by atoms with E-state index in [9.17, 15) is 4.79 Å². The van der Waals surface area contributed by atoms with E-state index in [2.05, 4.69) is 4.98 Å². The molecule has 0 saturated carbocycles. The summed E-state index contributed by atoms with van der Waals surface area (Å²) < 4.78 is 5.40. The third kappa shape index (κ3) is 2.40. The van der Waals surface area contributed by atoms with E-state index in [0.717, 1.165) is 27.7 Å². The Labute approximate surface area is 152 Å². The monoisotopic (exact) mass is 377 g/mol. The van der Waals surface area contributed by atoms with Gasteiger partial charge in [0.2, 0.25) is 0 Å². The molecule has 1 aliphatic heterocycles. The molecule has 120 valence electrons. The molecule has 1 aliphatic rings. The number of fused-ring (bicyclic) bond motifs is 1. The molecule has 0 spiro atoms. The molecule has 0 saturated heterocycles. The molecule has 2 heterocycles. The summed E-state index contributed by atoms with van der Waals surface area (Å²) in [5, 5.41) is 1.59. The highest BCUT2D eigenvalue weighted by Gasteiger charge is 2.36. The van der Waals surface area contributed by atoms with Crippen molar-refractivity contribution in [1.29, 1.82) is 0 Å². The van der Waals surface area contributed by atoms with Crippen molar-refractivity contribution in [3.63, 3.8) is 0 Å². The molecule has 3 nitrogen and oxygen atoms in total. The van der Waals surface area contributed by atoms with E-state index < -0.39 is 12.1 Å². The number of halogens is 3. The van der Waals surface area contributed by atoms with Crippen molar-refractivity contribution in [3.8, 4) is 11.3 Å². The Morgan fingerprint density at radius 2 is 1.75 bits per heavy atom. The summed E-state index contributed by atoms with van der Waals surface area (Å²) in [5.41, 5.74) is 3.36. The second-order valence-corrected chi connectivity index (χ2v) is 6.64. The first-order chi connectivity index (χ1) is 11.6. The van der Waals surface area contributed by atoms with Crippen molar-refractivity contribution in [1.82, 2.24) is 4.98 Å². The summed E-state index contributed by atoms with van der Waals surface area (Å²) in [5.74, 6) is -0.617. The average molecular weight is 379 g/mol. The van der Waals surface area contributed by atoms with Crippen LogP contribution in [0, 0.1) is 0 Å². The van der Waals surface area contributed by atoms with Crippen molar-refractivity contribution in [3.05, 3.63) is 69.2 Å². The van der Waals surface area contributed by atoms with Gasteiger partial charge in [0.15, 0.2) is 6.10 Å². The standard InChI is InChI=1S/C18H10Cl3NO2/c19-10-6-7-11-12(8-10)22-16(9-4-2-1-3-5-9)13(11)17-14(20)15(21)18(23)24-17/h1-8,17,22H. The number of H-pyrrole nitrogens is 1. The first-order valence-electron chi connectivity index (χ1n) is 7.19. The second-order valence-electron chi connectivity index (χ2n) is 5.42. The molecule has 1 unspecified atom stereocenters. The van der Waals surface area contributed by atoms with Gasteiger partial charge in [-0.25, -0.2) is 4.79 Å². The van der Waals surface area contributed by atoms with Gasteiger partial charge in [0.05, 0.1) is 10.7 Å². The number of ether oxygens (including phenoxy) is 1. The van der Waals surface area contributed by atoms with Crippen LogP contribution in [0.1, 0.15) is 11.7 Å². The highest BCUT2D eigenvalue weighted by Crippen LogP contribution is 2.45. The van der Waals surface area contributed by atoms with Crippen LogP contribution in [0.4, 0.5) is 0 Å². The maximum atomic E-state index is 11.8. The fourth-order valence-electron chi connectivity index (χ4n) is 2.91. The average Bonchev–Trinajstić information content (AvgIpc) is 3.08. The summed E-state index contributed by atoms with van der Waals surface area (Å²) in [6.45, 7) is 0. The molecule has 3 aromatic rings. The Morgan fingerprint density at radius 3 is 2.42 bits per heavy atom. The molecule has 6 heteroatoms. The number of hydrogen-bond acceptors (Lipinski definition) is 2. The predicted molar refractivity (Wildman–Crippen MR) is 96.3 cm³/mol. The van der Waals surface area contributed by atoms with E-state index in [1.165, 1.54) is 0 Å². The number of carbonyl (C=O) groups excluding carboxylic acids is 1. The van der Waals surface area contributed by atoms with Crippen molar-refractivity contribution in [2.45, 2.75) is 6.10 Å². The summed E-state index contributed by atoms with van der Waals surface area (Å²) in [4.78, 5) is 15.1. The minimum absolute atomic E-state index is 0.0796. The number of aromatic amines is 1. The first-order valence-corrected chi connectivity index (χ1v) is 8.32. The zero-order valence-corrected chi connectivity index (χ0v) is 14.4. The largest absolute Gasteiger partial charge is 0.447 e. The molecule has 1 atom stereocenters. The maximum Gasteiger partial charge on any atom is 0.352 e. The van der Waals surface area contributed by atoms with Gasteiger partial charge in [-0.3, -0.25) is 0 Å². The third-order valence-electron chi connectivity index (χ3n) is 3.97. The van der Waals surface area contributed by atoms with Gasteiger partial charge in [0.1, 0.15) is 5.03 Å². The van der Waals surface area contributed by atoms with E-state index in [4.69, 9.17) is 39.5 Å². The number of esters is 1. The lowest BCUT2D eigenvalue weighted by Gasteiger charge is -2.13. The van der Waals surface area contributed by atoms with Crippen molar-refractivity contribution >= 4 is 51.7 Å². The van der Waals surface area contributed by atoms with Crippen LogP contribution in [0.5, 0.6) is 0 Å². The van der Waals surface area contributed by atoms with Crippen LogP contribution >= 0.6 is 34.8 Å². The first kappa shape index (κ1) is 15.6. The van der Waals surface area contributed by atoms with E-state index >= 15 is 0 Å². The van der Waals surface area contributed by atoms with Crippen LogP contribution in [-0.4, -0.2) is 11.0 Å². The number of carbonyl (C=O) groups is 1. The van der Waals surface area contributed by atoms with Gasteiger partial charge in [0, 0.05) is 21.5 Å². The van der Waals surface area contributed by atoms with Gasteiger partial charge in [-0.1, -0.05) is 71.2 Å². The number of aromatic nitrogens is 1. The molecular formula is C18H10Cl3NO2. The van der Waals surface area contributed by atoms with Gasteiger partial charge in [0.25, 0.3) is 0 Å². The fraction of sp³-hybridized carbons (Fsp3) is 0.0556. The van der Waals surface area contributed by atoms with Crippen LogP contribution < -0.4 is 0 Å². The maximum absolute atomic E-state index is 11.8. The zero-order chi connectivity index (χ0) is 16.8. The van der Waals surface area contributed by atoms with Gasteiger partial charge in [-0.05, 0) is 17.7 Å². The molecule has 2 aromatic carbocycles. The molecule has 0 fully saturated rings. The summed E-state index contributed by atoms with van der Waals surface area (Å²) >= 11 is 18.3. The number of nitrogens with one attached hydrogen (secondary N) is 1. The second kappa shape index (κ2) is 5.85. The fourth-order valence-corrected chi connectivity index (χ4v) is 3.45. The molecule has 0 amide bonds. The van der Waals surface area contributed by atoms with E-state index in [0.29, 0.717) is 5.02 Å². The van der Waals surface area contributed by atoms with Crippen LogP contribution in [-0.2, 0) is 9.53 Å². The molecule has 0 radical (unpaired) electrons. The molecule has 1 aromatic heterocycles. The number of benzene rings is 2. The molecular weight excluding hydrogens is 369 g/mol. The normalized spacial score (nSPS) is 17.6. The van der Waals surface area contributed by atoms with Crippen molar-refractivity contribution < 1.29 is 9.53 Å².